The van der Waals surface area contributed by atoms with Crippen molar-refractivity contribution < 1.29 is 14.6 Å². The molecular formula is C23H22N4O5. The van der Waals surface area contributed by atoms with E-state index >= 15 is 0 Å². The van der Waals surface area contributed by atoms with E-state index in [0.717, 1.165) is 48.3 Å². The third-order valence-corrected chi connectivity index (χ3v) is 5.45. The highest BCUT2D eigenvalue weighted by Crippen LogP contribution is 2.35. The molecule has 0 atom stereocenters. The Hall–Kier alpha value is -3.85. The molecule has 1 saturated heterocycles. The third-order valence-electron chi connectivity index (χ3n) is 5.45. The third kappa shape index (κ3) is 4.89. The van der Waals surface area contributed by atoms with Crippen LogP contribution in [0.4, 0.5) is 17.1 Å². The smallest absolute Gasteiger partial charge is 0.270 e. The molecule has 0 saturated carbocycles. The summed E-state index contributed by atoms with van der Waals surface area (Å²) < 4.78 is 5.50. The molecule has 0 bridgehead atoms. The lowest BCUT2D eigenvalue weighted by Crippen LogP contribution is -2.36. The summed E-state index contributed by atoms with van der Waals surface area (Å²) in [5, 5.41) is 22.0. The normalized spacial score (nSPS) is 18.0. The number of rotatable bonds is 6. The second kappa shape index (κ2) is 9.52. The van der Waals surface area contributed by atoms with Crippen LogP contribution in [0.15, 0.2) is 70.4 Å². The Morgan fingerprint density at radius 3 is 2.34 bits per heavy atom. The number of hydrogen-bond acceptors (Lipinski definition) is 7. The molecule has 0 radical (unpaired) electrons. The predicted molar refractivity (Wildman–Crippen MR) is 121 cm³/mol. The first kappa shape index (κ1) is 21.4. The Morgan fingerprint density at radius 1 is 0.938 bits per heavy atom. The monoisotopic (exact) mass is 434 g/mol. The molecule has 9 nitrogen and oxygen atoms in total. The molecule has 1 aliphatic carbocycles. The van der Waals surface area contributed by atoms with Crippen molar-refractivity contribution in [2.45, 2.75) is 12.8 Å². The Bertz CT molecular complexity index is 1120. The van der Waals surface area contributed by atoms with Gasteiger partial charge >= 0.3 is 0 Å². The van der Waals surface area contributed by atoms with Crippen LogP contribution < -0.4 is 0 Å². The average Bonchev–Trinajstić information content (AvgIpc) is 3.21. The van der Waals surface area contributed by atoms with Crippen LogP contribution in [0.1, 0.15) is 18.4 Å². The lowest BCUT2D eigenvalue weighted by molar-refractivity contribution is -0.385. The van der Waals surface area contributed by atoms with Crippen LogP contribution in [0.3, 0.4) is 0 Å². The van der Waals surface area contributed by atoms with Gasteiger partial charge in [0.15, 0.2) is 0 Å². The minimum Gasteiger partial charge on any atom is -0.378 e. The van der Waals surface area contributed by atoms with Crippen LogP contribution in [0.2, 0.25) is 0 Å². The summed E-state index contributed by atoms with van der Waals surface area (Å²) in [7, 11) is 0. The number of aliphatic imine (C=N–C) groups is 1. The number of nitro benzene ring substituents is 2. The van der Waals surface area contributed by atoms with E-state index in [1.54, 1.807) is 24.3 Å². The van der Waals surface area contributed by atoms with Gasteiger partial charge in [-0.25, -0.2) is 0 Å². The van der Waals surface area contributed by atoms with Crippen LogP contribution in [0.25, 0.3) is 6.08 Å². The zero-order chi connectivity index (χ0) is 22.5. The van der Waals surface area contributed by atoms with Gasteiger partial charge in [-0.3, -0.25) is 25.2 Å². The number of ether oxygens (including phenoxy) is 1. The lowest BCUT2D eigenvalue weighted by atomic mass is 10.1. The van der Waals surface area contributed by atoms with Gasteiger partial charge in [-0.15, -0.1) is 0 Å². The Kier molecular flexibility index (Phi) is 6.37. The molecule has 164 valence electrons. The van der Waals surface area contributed by atoms with Crippen molar-refractivity contribution in [1.29, 1.82) is 0 Å². The lowest BCUT2D eigenvalue weighted by Gasteiger charge is -2.31. The maximum atomic E-state index is 11.1. The van der Waals surface area contributed by atoms with Gasteiger partial charge in [-0.1, -0.05) is 12.1 Å². The number of hydrogen-bond donors (Lipinski definition) is 0. The van der Waals surface area contributed by atoms with Gasteiger partial charge in [0.25, 0.3) is 11.4 Å². The number of nitrogens with zero attached hydrogens (tertiary/aromatic N) is 4. The van der Waals surface area contributed by atoms with Gasteiger partial charge in [0.1, 0.15) is 0 Å². The fourth-order valence-electron chi connectivity index (χ4n) is 3.91. The molecule has 1 heterocycles. The average molecular weight is 434 g/mol. The van der Waals surface area contributed by atoms with Crippen molar-refractivity contribution in [3.63, 3.8) is 0 Å². The summed E-state index contributed by atoms with van der Waals surface area (Å²) >= 11 is 0. The van der Waals surface area contributed by atoms with E-state index in [0.29, 0.717) is 18.9 Å². The summed E-state index contributed by atoms with van der Waals surface area (Å²) in [6, 6.07) is 12.7. The highest BCUT2D eigenvalue weighted by Gasteiger charge is 2.25. The molecule has 32 heavy (non-hydrogen) atoms. The van der Waals surface area contributed by atoms with Crippen molar-refractivity contribution >= 4 is 29.4 Å². The molecular weight excluding hydrogens is 412 g/mol. The SMILES string of the molecule is O=[N+]([O-])c1ccc(N=CC2=C(N3CCOCC3)C(=Cc3cccc([N+](=O)[O-])c3)CC2)cc1. The number of morpholine rings is 1. The first-order chi connectivity index (χ1) is 15.5. The molecule has 2 aromatic carbocycles. The van der Waals surface area contributed by atoms with Crippen molar-refractivity contribution in [3.8, 4) is 0 Å². The molecule has 2 aromatic rings. The zero-order valence-corrected chi connectivity index (χ0v) is 17.3. The van der Waals surface area contributed by atoms with Crippen LogP contribution in [-0.4, -0.2) is 47.3 Å². The van der Waals surface area contributed by atoms with E-state index in [4.69, 9.17) is 4.74 Å². The molecule has 2 aliphatic rings. The minimum absolute atomic E-state index is 0.0280. The van der Waals surface area contributed by atoms with Gasteiger partial charge in [0.05, 0.1) is 28.7 Å². The van der Waals surface area contributed by atoms with Gasteiger partial charge in [0, 0.05) is 49.3 Å². The van der Waals surface area contributed by atoms with Gasteiger partial charge < -0.3 is 9.64 Å². The number of nitro groups is 2. The predicted octanol–water partition coefficient (Wildman–Crippen LogP) is 4.67. The minimum atomic E-state index is -0.436. The highest BCUT2D eigenvalue weighted by molar-refractivity contribution is 5.85. The largest absolute Gasteiger partial charge is 0.378 e. The maximum Gasteiger partial charge on any atom is 0.270 e. The first-order valence-electron chi connectivity index (χ1n) is 10.3. The molecule has 0 unspecified atom stereocenters. The standard InChI is InChI=1S/C23H22N4O5/c28-26(29)21-8-6-20(7-9-21)24-16-19-5-4-18(23(19)25-10-12-32-13-11-25)14-17-2-1-3-22(15-17)27(30)31/h1-3,6-9,14-16H,4-5,10-13H2. The molecule has 4 rings (SSSR count). The van der Waals surface area contributed by atoms with E-state index in [-0.39, 0.29) is 11.4 Å². The van der Waals surface area contributed by atoms with Crippen molar-refractivity contribution in [2.75, 3.05) is 26.3 Å². The fourth-order valence-corrected chi connectivity index (χ4v) is 3.91. The summed E-state index contributed by atoms with van der Waals surface area (Å²) in [6.45, 7) is 2.80. The topological polar surface area (TPSA) is 111 Å². The number of benzene rings is 2. The molecule has 0 amide bonds. The van der Waals surface area contributed by atoms with Crippen molar-refractivity contribution in [1.82, 2.24) is 4.90 Å². The summed E-state index contributed by atoms with van der Waals surface area (Å²) in [5.74, 6) is 0. The molecule has 1 aliphatic heterocycles. The molecule has 0 spiro atoms. The second-order valence-corrected chi connectivity index (χ2v) is 7.53. The molecule has 0 aromatic heterocycles. The van der Waals surface area contributed by atoms with Crippen LogP contribution in [0.5, 0.6) is 0 Å². The quantitative estimate of drug-likeness (QED) is 0.371. The van der Waals surface area contributed by atoms with E-state index in [1.807, 2.05) is 18.4 Å². The first-order valence-corrected chi connectivity index (χ1v) is 10.3. The van der Waals surface area contributed by atoms with E-state index in [2.05, 4.69) is 9.89 Å². The summed E-state index contributed by atoms with van der Waals surface area (Å²) in [4.78, 5) is 28.0. The van der Waals surface area contributed by atoms with E-state index < -0.39 is 9.85 Å². The Morgan fingerprint density at radius 2 is 1.66 bits per heavy atom. The van der Waals surface area contributed by atoms with Crippen molar-refractivity contribution in [2.24, 2.45) is 4.99 Å². The highest BCUT2D eigenvalue weighted by atomic mass is 16.6. The van der Waals surface area contributed by atoms with E-state index in [9.17, 15) is 20.2 Å². The molecule has 9 heteroatoms. The maximum absolute atomic E-state index is 11.1. The summed E-state index contributed by atoms with van der Waals surface area (Å²) in [5.41, 5.74) is 4.79. The second-order valence-electron chi connectivity index (χ2n) is 7.53. The van der Waals surface area contributed by atoms with Crippen LogP contribution in [0, 0.1) is 20.2 Å². The zero-order valence-electron chi connectivity index (χ0n) is 17.3. The molecule has 1 fully saturated rings. The van der Waals surface area contributed by atoms with E-state index in [1.165, 1.54) is 18.2 Å². The summed E-state index contributed by atoms with van der Waals surface area (Å²) in [6.07, 6.45) is 5.42. The molecule has 0 N–H and O–H groups in total. The van der Waals surface area contributed by atoms with Gasteiger partial charge in [-0.2, -0.15) is 0 Å². The van der Waals surface area contributed by atoms with Gasteiger partial charge in [-0.05, 0) is 47.8 Å². The fraction of sp³-hybridized carbons (Fsp3) is 0.261. The number of allylic oxidation sites excluding steroid dienone is 2. The van der Waals surface area contributed by atoms with Crippen LogP contribution >= 0.6 is 0 Å². The Balaban J connectivity index is 1.66. The number of non-ortho nitro benzene ring substituents is 2. The van der Waals surface area contributed by atoms with Crippen molar-refractivity contribution in [3.05, 3.63) is 91.2 Å². The Labute approximate surface area is 184 Å². The van der Waals surface area contributed by atoms with Crippen LogP contribution in [-0.2, 0) is 4.74 Å². The van der Waals surface area contributed by atoms with Gasteiger partial charge in [0.2, 0.25) is 0 Å².